The molecule has 0 unspecified atom stereocenters. The van der Waals surface area contributed by atoms with Crippen LogP contribution in [0.2, 0.25) is 0 Å². The average Bonchev–Trinajstić information content (AvgIpc) is 2.68. The molecule has 12 heteroatoms. The molecule has 0 atom stereocenters. The van der Waals surface area contributed by atoms with Crippen LogP contribution in [0.5, 0.6) is 5.75 Å². The second kappa shape index (κ2) is 9.85. The van der Waals surface area contributed by atoms with Gasteiger partial charge in [-0.15, -0.1) is 0 Å². The van der Waals surface area contributed by atoms with Crippen LogP contribution in [0, 0.1) is 0 Å². The summed E-state index contributed by atoms with van der Waals surface area (Å²) >= 11 is 0. The maximum Gasteiger partial charge on any atom is 0.281 e. The van der Waals surface area contributed by atoms with E-state index in [1.54, 1.807) is 17.0 Å². The van der Waals surface area contributed by atoms with Gasteiger partial charge in [-0.25, -0.2) is 13.1 Å². The first-order valence-corrected chi connectivity index (χ1v) is 12.1. The molecule has 0 aliphatic carbocycles. The highest BCUT2D eigenvalue weighted by atomic mass is 32.2. The van der Waals surface area contributed by atoms with E-state index in [1.807, 2.05) is 6.92 Å². The van der Waals surface area contributed by atoms with Gasteiger partial charge in [-0.2, -0.15) is 17.0 Å². The summed E-state index contributed by atoms with van der Waals surface area (Å²) in [5.74, 6) is 0.360. The highest BCUT2D eigenvalue weighted by Crippen LogP contribution is 2.16. The summed E-state index contributed by atoms with van der Waals surface area (Å²) in [5.41, 5.74) is 0. The predicted octanol–water partition coefficient (Wildman–Crippen LogP) is -0.296. The van der Waals surface area contributed by atoms with Crippen molar-refractivity contribution in [3.63, 3.8) is 0 Å². The normalized spacial score (nSPS) is 16.2. The number of hydrogen-bond donors (Lipinski definition) is 1. The molecule has 1 aromatic rings. The maximum atomic E-state index is 12.3. The lowest BCUT2D eigenvalue weighted by Crippen LogP contribution is -2.53. The van der Waals surface area contributed by atoms with Crippen molar-refractivity contribution in [3.05, 3.63) is 24.3 Å². The van der Waals surface area contributed by atoms with E-state index in [9.17, 15) is 21.6 Å². The van der Waals surface area contributed by atoms with Gasteiger partial charge in [0, 0.05) is 53.2 Å². The molecule has 0 radical (unpaired) electrons. The van der Waals surface area contributed by atoms with Crippen LogP contribution in [0.25, 0.3) is 0 Å². The van der Waals surface area contributed by atoms with Crippen molar-refractivity contribution in [1.82, 2.24) is 18.2 Å². The monoisotopic (exact) mass is 448 g/mol. The molecule has 1 saturated heterocycles. The molecule has 1 fully saturated rings. The Hall–Kier alpha value is -1.73. The Balaban J connectivity index is 1.82. The van der Waals surface area contributed by atoms with E-state index in [2.05, 4.69) is 4.72 Å². The van der Waals surface area contributed by atoms with Crippen LogP contribution in [0.3, 0.4) is 0 Å². The Labute approximate surface area is 172 Å². The number of piperazine rings is 1. The SMILES string of the molecule is CCOc1ccc(S(=O)(=O)NCCC(=O)N2CCN(S(=O)(=O)N(C)C)CC2)cc1. The van der Waals surface area contributed by atoms with Crippen molar-refractivity contribution in [1.29, 1.82) is 0 Å². The molecule has 1 aliphatic rings. The highest BCUT2D eigenvalue weighted by molar-refractivity contribution is 7.89. The lowest BCUT2D eigenvalue weighted by atomic mass is 10.3. The fourth-order valence-electron chi connectivity index (χ4n) is 2.81. The van der Waals surface area contributed by atoms with Gasteiger partial charge in [0.2, 0.25) is 15.9 Å². The molecule has 10 nitrogen and oxygen atoms in total. The van der Waals surface area contributed by atoms with E-state index in [0.717, 1.165) is 4.31 Å². The molecule has 164 valence electrons. The molecule has 1 N–H and O–H groups in total. The van der Waals surface area contributed by atoms with Crippen molar-refractivity contribution in [3.8, 4) is 5.75 Å². The fraction of sp³-hybridized carbons (Fsp3) is 0.588. The summed E-state index contributed by atoms with van der Waals surface area (Å²) < 4.78 is 59.0. The van der Waals surface area contributed by atoms with Crippen molar-refractivity contribution in [2.24, 2.45) is 0 Å². The minimum atomic E-state index is -3.73. The second-order valence-electron chi connectivity index (χ2n) is 6.62. The lowest BCUT2D eigenvalue weighted by Gasteiger charge is -2.35. The van der Waals surface area contributed by atoms with Crippen LogP contribution in [-0.4, -0.2) is 89.7 Å². The van der Waals surface area contributed by atoms with Crippen molar-refractivity contribution in [2.45, 2.75) is 18.2 Å². The van der Waals surface area contributed by atoms with Gasteiger partial charge in [0.25, 0.3) is 10.2 Å². The van der Waals surface area contributed by atoms with E-state index in [-0.39, 0.29) is 49.9 Å². The van der Waals surface area contributed by atoms with Gasteiger partial charge in [-0.3, -0.25) is 4.79 Å². The van der Waals surface area contributed by atoms with Crippen LogP contribution in [-0.2, 0) is 25.0 Å². The van der Waals surface area contributed by atoms with E-state index in [4.69, 9.17) is 4.74 Å². The van der Waals surface area contributed by atoms with E-state index >= 15 is 0 Å². The molecule has 2 rings (SSSR count). The van der Waals surface area contributed by atoms with Crippen molar-refractivity contribution < 1.29 is 26.4 Å². The van der Waals surface area contributed by atoms with Gasteiger partial charge in [0.05, 0.1) is 11.5 Å². The molecule has 1 heterocycles. The second-order valence-corrected chi connectivity index (χ2v) is 10.5. The number of nitrogens with zero attached hydrogens (tertiary/aromatic N) is 3. The van der Waals surface area contributed by atoms with Gasteiger partial charge in [0.1, 0.15) is 5.75 Å². The summed E-state index contributed by atoms with van der Waals surface area (Å²) in [7, 11) is -4.30. The third kappa shape index (κ3) is 6.12. The molecule has 1 aromatic carbocycles. The van der Waals surface area contributed by atoms with Crippen LogP contribution in [0.1, 0.15) is 13.3 Å². The van der Waals surface area contributed by atoms with Crippen LogP contribution >= 0.6 is 0 Å². The standard InChI is InChI=1S/C17H28N4O6S2/c1-4-27-15-5-7-16(8-6-15)28(23,24)18-10-9-17(22)20-11-13-21(14-12-20)29(25,26)19(2)3/h5-8,18H,4,9-14H2,1-3H3. The summed E-state index contributed by atoms with van der Waals surface area (Å²) in [6, 6.07) is 6.04. The zero-order valence-electron chi connectivity index (χ0n) is 16.9. The summed E-state index contributed by atoms with van der Waals surface area (Å²) in [4.78, 5) is 14.0. The minimum absolute atomic E-state index is 0.00328. The topological polar surface area (TPSA) is 116 Å². The number of benzene rings is 1. The van der Waals surface area contributed by atoms with Crippen LogP contribution in [0.15, 0.2) is 29.2 Å². The molecule has 0 aromatic heterocycles. The number of amides is 1. The molecule has 0 bridgehead atoms. The van der Waals surface area contributed by atoms with Gasteiger partial charge in [0.15, 0.2) is 0 Å². The summed E-state index contributed by atoms with van der Waals surface area (Å²) in [6.07, 6.45) is -0.00328. The predicted molar refractivity (Wildman–Crippen MR) is 108 cm³/mol. The lowest BCUT2D eigenvalue weighted by molar-refractivity contribution is -0.132. The van der Waals surface area contributed by atoms with Crippen molar-refractivity contribution in [2.75, 3.05) is 53.4 Å². The average molecular weight is 449 g/mol. The molecular weight excluding hydrogens is 420 g/mol. The Morgan fingerprint density at radius 1 is 1.07 bits per heavy atom. The molecule has 1 amide bonds. The Kier molecular flexibility index (Phi) is 8.00. The van der Waals surface area contributed by atoms with E-state index in [0.29, 0.717) is 12.4 Å². The molecule has 0 spiro atoms. The van der Waals surface area contributed by atoms with E-state index in [1.165, 1.54) is 30.5 Å². The molecule has 29 heavy (non-hydrogen) atoms. The zero-order chi connectivity index (χ0) is 21.7. The van der Waals surface area contributed by atoms with Crippen LogP contribution in [0.4, 0.5) is 0 Å². The zero-order valence-corrected chi connectivity index (χ0v) is 18.5. The number of carbonyl (C=O) groups is 1. The Morgan fingerprint density at radius 3 is 2.17 bits per heavy atom. The number of sulfonamides is 1. The number of nitrogens with one attached hydrogen (secondary N) is 1. The largest absolute Gasteiger partial charge is 0.494 e. The number of ether oxygens (including phenoxy) is 1. The fourth-order valence-corrected chi connectivity index (χ4v) is 4.93. The number of hydrogen-bond acceptors (Lipinski definition) is 6. The molecule has 1 aliphatic heterocycles. The van der Waals surface area contributed by atoms with Gasteiger partial charge in [-0.1, -0.05) is 0 Å². The van der Waals surface area contributed by atoms with Gasteiger partial charge < -0.3 is 9.64 Å². The molecular formula is C17H28N4O6S2. The highest BCUT2D eigenvalue weighted by Gasteiger charge is 2.30. The summed E-state index contributed by atoms with van der Waals surface area (Å²) in [6.45, 7) is 3.26. The number of rotatable bonds is 9. The number of carbonyl (C=O) groups excluding carboxylic acids is 1. The van der Waals surface area contributed by atoms with E-state index < -0.39 is 20.2 Å². The smallest absolute Gasteiger partial charge is 0.281 e. The Bertz CT molecular complexity index is 892. The summed E-state index contributed by atoms with van der Waals surface area (Å²) in [5, 5.41) is 0. The molecule has 0 saturated carbocycles. The quantitative estimate of drug-likeness (QED) is 0.555. The first-order chi connectivity index (χ1) is 13.6. The first kappa shape index (κ1) is 23.5. The minimum Gasteiger partial charge on any atom is -0.494 e. The first-order valence-electron chi connectivity index (χ1n) is 9.26. The third-order valence-electron chi connectivity index (χ3n) is 4.46. The maximum absolute atomic E-state index is 12.3. The van der Waals surface area contributed by atoms with Crippen LogP contribution < -0.4 is 9.46 Å². The Morgan fingerprint density at radius 2 is 1.66 bits per heavy atom. The third-order valence-corrected chi connectivity index (χ3v) is 7.87. The van der Waals surface area contributed by atoms with Gasteiger partial charge >= 0.3 is 0 Å². The van der Waals surface area contributed by atoms with Gasteiger partial charge in [-0.05, 0) is 31.2 Å². The van der Waals surface area contributed by atoms with Crippen molar-refractivity contribution >= 4 is 26.1 Å².